The molecule has 0 aliphatic carbocycles. The zero-order valence-corrected chi connectivity index (χ0v) is 17.1. The number of nitrogens with zero attached hydrogens (tertiary/aromatic N) is 3. The van der Waals surface area contributed by atoms with Crippen LogP contribution in [0, 0.1) is 6.92 Å². The van der Waals surface area contributed by atoms with Crippen LogP contribution in [0.5, 0.6) is 0 Å². The predicted molar refractivity (Wildman–Crippen MR) is 112 cm³/mol. The van der Waals surface area contributed by atoms with Crippen molar-refractivity contribution >= 4 is 29.1 Å². The smallest absolute Gasteiger partial charge is 0.237 e. The Hall–Kier alpha value is -2.93. The molecule has 1 atom stereocenters. The number of rotatable bonds is 6. The number of ketones is 1. The second kappa shape index (κ2) is 8.39. The molecule has 1 aromatic heterocycles. The summed E-state index contributed by atoms with van der Waals surface area (Å²) in [5, 5.41) is 11.7. The Morgan fingerprint density at radius 1 is 1.11 bits per heavy atom. The van der Waals surface area contributed by atoms with E-state index in [1.165, 1.54) is 18.7 Å². The van der Waals surface area contributed by atoms with Gasteiger partial charge in [-0.2, -0.15) is 0 Å². The highest BCUT2D eigenvalue weighted by atomic mass is 32.2. The lowest BCUT2D eigenvalue weighted by molar-refractivity contribution is -0.115. The second-order valence-electron chi connectivity index (χ2n) is 6.62. The number of hydrogen-bond acceptors (Lipinski definition) is 5. The Morgan fingerprint density at radius 2 is 1.86 bits per heavy atom. The van der Waals surface area contributed by atoms with Crippen molar-refractivity contribution in [3.05, 3.63) is 59.7 Å². The highest BCUT2D eigenvalue weighted by Crippen LogP contribution is 2.26. The van der Waals surface area contributed by atoms with Crippen molar-refractivity contribution in [1.29, 1.82) is 0 Å². The molecular formula is C21H22N4O2S. The normalized spacial score (nSPS) is 11.9. The molecule has 0 saturated heterocycles. The number of amides is 1. The van der Waals surface area contributed by atoms with E-state index in [2.05, 4.69) is 21.6 Å². The maximum absolute atomic E-state index is 12.6. The quantitative estimate of drug-likeness (QED) is 0.503. The average Bonchev–Trinajstić information content (AvgIpc) is 3.02. The van der Waals surface area contributed by atoms with Gasteiger partial charge in [0.15, 0.2) is 16.8 Å². The van der Waals surface area contributed by atoms with Crippen molar-refractivity contribution in [2.45, 2.75) is 31.2 Å². The molecule has 144 valence electrons. The Morgan fingerprint density at radius 3 is 2.57 bits per heavy atom. The zero-order chi connectivity index (χ0) is 20.3. The highest BCUT2D eigenvalue weighted by molar-refractivity contribution is 8.00. The van der Waals surface area contributed by atoms with Crippen LogP contribution >= 0.6 is 11.8 Å². The summed E-state index contributed by atoms with van der Waals surface area (Å²) in [7, 11) is 1.89. The average molecular weight is 395 g/mol. The van der Waals surface area contributed by atoms with Crippen molar-refractivity contribution in [3.63, 3.8) is 0 Å². The predicted octanol–water partition coefficient (Wildman–Crippen LogP) is 4.11. The van der Waals surface area contributed by atoms with Gasteiger partial charge in [0.05, 0.1) is 5.25 Å². The van der Waals surface area contributed by atoms with Crippen molar-refractivity contribution in [2.75, 3.05) is 5.32 Å². The fraction of sp³-hybridized carbons (Fsp3) is 0.238. The van der Waals surface area contributed by atoms with Gasteiger partial charge in [-0.1, -0.05) is 47.7 Å². The third-order valence-electron chi connectivity index (χ3n) is 4.30. The third kappa shape index (κ3) is 4.48. The van der Waals surface area contributed by atoms with Crippen LogP contribution in [0.25, 0.3) is 11.4 Å². The standard InChI is InChI=1S/C21H22N4O2S/c1-13-7-5-9-17(11-13)19-23-24-21(25(19)4)28-15(3)20(27)22-18-10-6-8-16(12-18)14(2)26/h5-12,15H,1-4H3,(H,22,27). The lowest BCUT2D eigenvalue weighted by Crippen LogP contribution is -2.23. The molecule has 3 rings (SSSR count). The molecule has 3 aromatic rings. The zero-order valence-electron chi connectivity index (χ0n) is 16.3. The maximum atomic E-state index is 12.6. The molecule has 0 saturated carbocycles. The van der Waals surface area contributed by atoms with E-state index in [-0.39, 0.29) is 16.9 Å². The Labute approximate surface area is 168 Å². The molecule has 2 aromatic carbocycles. The van der Waals surface area contributed by atoms with E-state index in [1.54, 1.807) is 24.3 Å². The van der Waals surface area contributed by atoms with Crippen LogP contribution in [-0.2, 0) is 11.8 Å². The molecule has 1 heterocycles. The molecule has 0 spiro atoms. The van der Waals surface area contributed by atoms with Crippen LogP contribution in [0.3, 0.4) is 0 Å². The number of hydrogen-bond donors (Lipinski definition) is 1. The lowest BCUT2D eigenvalue weighted by Gasteiger charge is -2.12. The topological polar surface area (TPSA) is 76.9 Å². The van der Waals surface area contributed by atoms with Gasteiger partial charge < -0.3 is 9.88 Å². The van der Waals surface area contributed by atoms with Gasteiger partial charge in [-0.3, -0.25) is 9.59 Å². The minimum atomic E-state index is -0.380. The van der Waals surface area contributed by atoms with Crippen LogP contribution in [0.1, 0.15) is 29.8 Å². The Kier molecular flexibility index (Phi) is 5.94. The fourth-order valence-electron chi connectivity index (χ4n) is 2.72. The number of carbonyl (C=O) groups is 2. The number of aryl methyl sites for hydroxylation is 1. The van der Waals surface area contributed by atoms with Crippen molar-refractivity contribution in [2.24, 2.45) is 7.05 Å². The fourth-order valence-corrected chi connectivity index (χ4v) is 3.54. The summed E-state index contributed by atoms with van der Waals surface area (Å²) in [4.78, 5) is 24.1. The summed E-state index contributed by atoms with van der Waals surface area (Å²) in [6.45, 7) is 5.35. The second-order valence-corrected chi connectivity index (χ2v) is 7.93. The summed E-state index contributed by atoms with van der Waals surface area (Å²) in [5.41, 5.74) is 3.30. The molecule has 28 heavy (non-hydrogen) atoms. The van der Waals surface area contributed by atoms with Crippen LogP contribution in [0.2, 0.25) is 0 Å². The van der Waals surface area contributed by atoms with E-state index in [4.69, 9.17) is 0 Å². The number of Topliss-reactive ketones (excluding diaryl/α,β-unsaturated/α-hetero) is 1. The molecule has 1 unspecified atom stereocenters. The number of aromatic nitrogens is 3. The van der Waals surface area contributed by atoms with E-state index < -0.39 is 0 Å². The minimum Gasteiger partial charge on any atom is -0.325 e. The Bertz CT molecular complexity index is 1030. The molecule has 6 nitrogen and oxygen atoms in total. The SMILES string of the molecule is CC(=O)c1cccc(NC(=O)C(C)Sc2nnc(-c3cccc(C)c3)n2C)c1. The van der Waals surface area contributed by atoms with Crippen LogP contribution in [-0.4, -0.2) is 31.7 Å². The van der Waals surface area contributed by atoms with Crippen molar-refractivity contribution < 1.29 is 9.59 Å². The number of carbonyl (C=O) groups excluding carboxylic acids is 2. The van der Waals surface area contributed by atoms with E-state index in [1.807, 2.05) is 43.7 Å². The molecule has 1 amide bonds. The molecule has 0 aliphatic rings. The van der Waals surface area contributed by atoms with E-state index in [0.29, 0.717) is 16.4 Å². The molecule has 1 N–H and O–H groups in total. The summed E-state index contributed by atoms with van der Waals surface area (Å²) in [6, 6.07) is 15.0. The largest absolute Gasteiger partial charge is 0.325 e. The third-order valence-corrected chi connectivity index (χ3v) is 5.43. The first kappa shape index (κ1) is 19.8. The number of nitrogens with one attached hydrogen (secondary N) is 1. The molecule has 0 fully saturated rings. The molecule has 0 bridgehead atoms. The molecule has 0 radical (unpaired) electrons. The van der Waals surface area contributed by atoms with Gasteiger partial charge >= 0.3 is 0 Å². The molecule has 0 aliphatic heterocycles. The summed E-state index contributed by atoms with van der Waals surface area (Å²) in [5.74, 6) is 0.556. The van der Waals surface area contributed by atoms with Crippen molar-refractivity contribution in [1.82, 2.24) is 14.8 Å². The van der Waals surface area contributed by atoms with E-state index in [9.17, 15) is 9.59 Å². The van der Waals surface area contributed by atoms with Gasteiger partial charge in [-0.05, 0) is 39.0 Å². The van der Waals surface area contributed by atoms with Gasteiger partial charge in [0.25, 0.3) is 0 Å². The monoisotopic (exact) mass is 394 g/mol. The lowest BCUT2D eigenvalue weighted by atomic mass is 10.1. The van der Waals surface area contributed by atoms with E-state index >= 15 is 0 Å². The number of anilines is 1. The first-order chi connectivity index (χ1) is 13.3. The molecular weight excluding hydrogens is 372 g/mol. The van der Waals surface area contributed by atoms with Crippen LogP contribution in [0.15, 0.2) is 53.7 Å². The van der Waals surface area contributed by atoms with Crippen LogP contribution in [0.4, 0.5) is 5.69 Å². The van der Waals surface area contributed by atoms with Gasteiger partial charge in [0, 0.05) is 23.9 Å². The van der Waals surface area contributed by atoms with Crippen LogP contribution < -0.4 is 5.32 Å². The van der Waals surface area contributed by atoms with Gasteiger partial charge in [0.1, 0.15) is 0 Å². The highest BCUT2D eigenvalue weighted by Gasteiger charge is 2.19. The number of benzene rings is 2. The summed E-state index contributed by atoms with van der Waals surface area (Å²) < 4.78 is 1.89. The number of thioether (sulfide) groups is 1. The van der Waals surface area contributed by atoms with Gasteiger partial charge in [-0.15, -0.1) is 10.2 Å². The first-order valence-corrected chi connectivity index (χ1v) is 9.78. The summed E-state index contributed by atoms with van der Waals surface area (Å²) >= 11 is 1.34. The van der Waals surface area contributed by atoms with Gasteiger partial charge in [0.2, 0.25) is 5.91 Å². The van der Waals surface area contributed by atoms with E-state index in [0.717, 1.165) is 17.0 Å². The summed E-state index contributed by atoms with van der Waals surface area (Å²) in [6.07, 6.45) is 0. The first-order valence-electron chi connectivity index (χ1n) is 8.90. The van der Waals surface area contributed by atoms with Gasteiger partial charge in [-0.25, -0.2) is 0 Å². The van der Waals surface area contributed by atoms with Crippen molar-refractivity contribution in [3.8, 4) is 11.4 Å². The molecule has 7 heteroatoms. The minimum absolute atomic E-state index is 0.0405. The Balaban J connectivity index is 1.71. The maximum Gasteiger partial charge on any atom is 0.237 e.